The lowest BCUT2D eigenvalue weighted by atomic mass is 9.81. The number of ether oxygens (including phenoxy) is 1. The highest BCUT2D eigenvalue weighted by molar-refractivity contribution is 6.85. The summed E-state index contributed by atoms with van der Waals surface area (Å²) in [5, 5.41) is 3.01. The van der Waals surface area contributed by atoms with E-state index in [9.17, 15) is 0 Å². The van der Waals surface area contributed by atoms with Gasteiger partial charge in [-0.3, -0.25) is 0 Å². The van der Waals surface area contributed by atoms with Crippen LogP contribution in [0.25, 0.3) is 10.8 Å². The summed E-state index contributed by atoms with van der Waals surface area (Å²) in [4.78, 5) is 0. The van der Waals surface area contributed by atoms with Crippen LogP contribution in [0, 0.1) is 0 Å². The maximum Gasteiger partial charge on any atom is 0.272 e. The maximum atomic E-state index is 15.3. The molecule has 4 aromatic rings. The molecule has 5 rings (SSSR count). The molecule has 1 heterocycles. The molecular formula is C25H21FOSi. The van der Waals surface area contributed by atoms with Crippen LogP contribution in [0.2, 0.25) is 13.1 Å². The van der Waals surface area contributed by atoms with Gasteiger partial charge in [0.25, 0.3) is 8.41 Å². The molecule has 0 amide bonds. The molecule has 0 aromatic heterocycles. The minimum Gasteiger partial charge on any atom is -0.457 e. The Bertz CT molecular complexity index is 1140. The molecule has 0 N–H and O–H groups in total. The molecule has 0 fully saturated rings. The summed E-state index contributed by atoms with van der Waals surface area (Å²) in [6, 6.07) is 28.7. The highest BCUT2D eigenvalue weighted by Crippen LogP contribution is 2.48. The van der Waals surface area contributed by atoms with Crippen molar-refractivity contribution in [3.63, 3.8) is 0 Å². The lowest BCUT2D eigenvalue weighted by molar-refractivity contribution is 0.453. The van der Waals surface area contributed by atoms with Crippen molar-refractivity contribution in [3.05, 3.63) is 102 Å². The van der Waals surface area contributed by atoms with E-state index in [-0.39, 0.29) is 5.92 Å². The van der Waals surface area contributed by atoms with E-state index in [0.29, 0.717) is 0 Å². The van der Waals surface area contributed by atoms with E-state index in [2.05, 4.69) is 36.4 Å². The van der Waals surface area contributed by atoms with Gasteiger partial charge in [-0.2, -0.15) is 0 Å². The van der Waals surface area contributed by atoms with E-state index in [4.69, 9.17) is 4.74 Å². The van der Waals surface area contributed by atoms with Crippen LogP contribution in [0.1, 0.15) is 22.6 Å². The molecule has 28 heavy (non-hydrogen) atoms. The predicted octanol–water partition coefficient (Wildman–Crippen LogP) is 6.51. The van der Waals surface area contributed by atoms with Gasteiger partial charge in [-0.1, -0.05) is 72.8 Å². The Morgan fingerprint density at radius 3 is 1.82 bits per heavy atom. The fraction of sp³-hybridized carbons (Fsp3) is 0.120. The van der Waals surface area contributed by atoms with Gasteiger partial charge in [0, 0.05) is 17.0 Å². The summed E-state index contributed by atoms with van der Waals surface area (Å²) < 4.78 is 21.5. The minimum atomic E-state index is -3.01. The number of benzene rings is 4. The number of hydrogen-bond acceptors (Lipinski definition) is 1. The van der Waals surface area contributed by atoms with E-state index in [1.807, 2.05) is 48.5 Å². The quantitative estimate of drug-likeness (QED) is 0.249. The average molecular weight is 385 g/mol. The lowest BCUT2D eigenvalue weighted by Gasteiger charge is -2.30. The second-order valence-corrected chi connectivity index (χ2v) is 11.3. The molecule has 0 atom stereocenters. The zero-order valence-electron chi connectivity index (χ0n) is 15.9. The largest absolute Gasteiger partial charge is 0.457 e. The van der Waals surface area contributed by atoms with Crippen LogP contribution < -0.4 is 9.92 Å². The summed E-state index contributed by atoms with van der Waals surface area (Å²) in [6.45, 7) is 3.54. The Morgan fingerprint density at radius 2 is 1.21 bits per heavy atom. The average Bonchev–Trinajstić information content (AvgIpc) is 2.70. The summed E-state index contributed by atoms with van der Waals surface area (Å²) in [6.07, 6.45) is 0. The zero-order valence-corrected chi connectivity index (χ0v) is 16.9. The number of para-hydroxylation sites is 2. The number of rotatable bonds is 2. The van der Waals surface area contributed by atoms with Gasteiger partial charge in [-0.15, -0.1) is 0 Å². The van der Waals surface area contributed by atoms with Crippen molar-refractivity contribution >= 4 is 24.4 Å². The number of halogens is 1. The molecule has 1 nitrogen and oxygen atoms in total. The van der Waals surface area contributed by atoms with E-state index >= 15 is 4.11 Å². The topological polar surface area (TPSA) is 9.23 Å². The van der Waals surface area contributed by atoms with Crippen molar-refractivity contribution in [3.8, 4) is 11.5 Å². The molecule has 4 aromatic carbocycles. The van der Waals surface area contributed by atoms with E-state index in [1.165, 1.54) is 0 Å². The van der Waals surface area contributed by atoms with Crippen LogP contribution in [0.3, 0.4) is 0 Å². The van der Waals surface area contributed by atoms with Crippen LogP contribution in [-0.2, 0) is 0 Å². The van der Waals surface area contributed by atoms with E-state index in [1.54, 1.807) is 13.1 Å². The highest BCUT2D eigenvalue weighted by atomic mass is 28.4. The second-order valence-electron chi connectivity index (χ2n) is 7.83. The fourth-order valence-electron chi connectivity index (χ4n) is 4.35. The molecule has 0 aliphatic carbocycles. The third-order valence-corrected chi connectivity index (χ3v) is 7.27. The van der Waals surface area contributed by atoms with Crippen molar-refractivity contribution in [1.29, 1.82) is 0 Å². The first-order valence-corrected chi connectivity index (χ1v) is 12.5. The molecule has 0 radical (unpaired) electrons. The summed E-state index contributed by atoms with van der Waals surface area (Å²) in [7, 11) is -3.01. The first-order valence-electron chi connectivity index (χ1n) is 9.61. The molecule has 0 saturated carbocycles. The Kier molecular flexibility index (Phi) is 3.88. The summed E-state index contributed by atoms with van der Waals surface area (Å²) in [5.74, 6) is 1.76. The Morgan fingerprint density at radius 1 is 0.679 bits per heavy atom. The minimum absolute atomic E-state index is 0.0161. The highest BCUT2D eigenvalue weighted by Gasteiger charge is 2.32. The van der Waals surface area contributed by atoms with Gasteiger partial charge in [0.15, 0.2) is 0 Å². The Labute approximate surface area is 165 Å². The molecule has 3 heteroatoms. The standard InChI is InChI=1S/C25H21FOSi/c1-28(2,26)23-16-8-10-17-9-7-13-20(24(17)23)25-18-11-3-5-14-21(18)27-22-15-6-4-12-19(22)25/h3-16,25H,1-2H3. The van der Waals surface area contributed by atoms with E-state index in [0.717, 1.165) is 44.1 Å². The number of fused-ring (bicyclic) bond motifs is 3. The van der Waals surface area contributed by atoms with Crippen molar-refractivity contribution in [1.82, 2.24) is 0 Å². The van der Waals surface area contributed by atoms with Crippen LogP contribution in [0.15, 0.2) is 84.9 Å². The van der Waals surface area contributed by atoms with Gasteiger partial charge in [0.2, 0.25) is 0 Å². The SMILES string of the molecule is C[Si](C)(F)c1cccc2cccc(C3c4ccccc4Oc4ccccc43)c12. The van der Waals surface area contributed by atoms with Crippen molar-refractivity contribution in [2.75, 3.05) is 0 Å². The van der Waals surface area contributed by atoms with Crippen LogP contribution in [0.5, 0.6) is 11.5 Å². The van der Waals surface area contributed by atoms with Crippen molar-refractivity contribution in [2.24, 2.45) is 0 Å². The molecule has 1 aliphatic heterocycles. The van der Waals surface area contributed by atoms with Crippen LogP contribution in [-0.4, -0.2) is 8.41 Å². The summed E-state index contributed by atoms with van der Waals surface area (Å²) in [5.41, 5.74) is 3.40. The third kappa shape index (κ3) is 2.66. The van der Waals surface area contributed by atoms with Gasteiger partial charge in [0.05, 0.1) is 0 Å². The molecule has 0 spiro atoms. The second kappa shape index (κ2) is 6.32. The Balaban J connectivity index is 1.87. The molecule has 0 bridgehead atoms. The lowest BCUT2D eigenvalue weighted by Crippen LogP contribution is -2.37. The van der Waals surface area contributed by atoms with Gasteiger partial charge in [-0.25, -0.2) is 0 Å². The smallest absolute Gasteiger partial charge is 0.272 e. The summed E-state index contributed by atoms with van der Waals surface area (Å²) >= 11 is 0. The molecular weight excluding hydrogens is 363 g/mol. The number of hydrogen-bond donors (Lipinski definition) is 0. The fourth-order valence-corrected chi connectivity index (χ4v) is 5.73. The van der Waals surface area contributed by atoms with E-state index < -0.39 is 8.41 Å². The zero-order chi connectivity index (χ0) is 19.3. The first-order chi connectivity index (χ1) is 13.5. The molecule has 0 unspecified atom stereocenters. The molecule has 1 aliphatic rings. The van der Waals surface area contributed by atoms with Gasteiger partial charge >= 0.3 is 0 Å². The maximum absolute atomic E-state index is 15.3. The van der Waals surface area contributed by atoms with Crippen LogP contribution in [0.4, 0.5) is 4.11 Å². The molecule has 138 valence electrons. The third-order valence-electron chi connectivity index (χ3n) is 5.57. The van der Waals surface area contributed by atoms with Crippen molar-refractivity contribution < 1.29 is 8.84 Å². The van der Waals surface area contributed by atoms with Gasteiger partial charge < -0.3 is 8.84 Å². The first kappa shape index (κ1) is 17.2. The van der Waals surface area contributed by atoms with Gasteiger partial charge in [0.1, 0.15) is 11.5 Å². The van der Waals surface area contributed by atoms with Gasteiger partial charge in [-0.05, 0) is 46.7 Å². The molecule has 0 saturated heterocycles. The predicted molar refractivity (Wildman–Crippen MR) is 116 cm³/mol. The normalized spacial score (nSPS) is 13.7. The Hall–Kier alpha value is -2.91. The monoisotopic (exact) mass is 384 g/mol. The van der Waals surface area contributed by atoms with Crippen molar-refractivity contribution in [2.45, 2.75) is 19.0 Å². The van der Waals surface area contributed by atoms with Crippen LogP contribution >= 0.6 is 0 Å².